The fraction of sp³-hybridized carbons (Fsp3) is 0.294. The van der Waals surface area contributed by atoms with E-state index < -0.39 is 10.0 Å². The second-order valence-corrected chi connectivity index (χ2v) is 9.20. The van der Waals surface area contributed by atoms with Gasteiger partial charge in [0.25, 0.3) is 10.0 Å². The molecule has 0 saturated carbocycles. The molecule has 1 aromatic carbocycles. The minimum Gasteiger partial charge on any atom is -0.247 e. The Morgan fingerprint density at radius 2 is 1.88 bits per heavy atom. The molecule has 0 atom stereocenters. The topological polar surface area (TPSA) is 64.8 Å². The highest BCUT2D eigenvalue weighted by Crippen LogP contribution is 2.25. The van der Waals surface area contributed by atoms with Crippen molar-refractivity contribution in [1.82, 2.24) is 13.9 Å². The Labute approximate surface area is 155 Å². The molecule has 0 fully saturated rings. The number of halogens is 1. The van der Waals surface area contributed by atoms with Crippen molar-refractivity contribution in [3.63, 3.8) is 0 Å². The number of nitrogens with zero attached hydrogens (tertiary/aromatic N) is 3. The van der Waals surface area contributed by atoms with Gasteiger partial charge in [-0.1, -0.05) is 31.5 Å². The molecule has 0 bridgehead atoms. The van der Waals surface area contributed by atoms with Gasteiger partial charge < -0.3 is 0 Å². The summed E-state index contributed by atoms with van der Waals surface area (Å²) < 4.78 is 27.9. The third-order valence-electron chi connectivity index (χ3n) is 3.66. The molecule has 126 valence electrons. The van der Waals surface area contributed by atoms with Gasteiger partial charge in [-0.2, -0.15) is 0 Å². The lowest BCUT2D eigenvalue weighted by Gasteiger charge is -2.08. The summed E-state index contributed by atoms with van der Waals surface area (Å²) >= 11 is 2.11. The fourth-order valence-electron chi connectivity index (χ4n) is 2.49. The van der Waals surface area contributed by atoms with Gasteiger partial charge in [-0.05, 0) is 54.0 Å². The Balaban J connectivity index is 2.14. The van der Waals surface area contributed by atoms with E-state index in [9.17, 15) is 8.42 Å². The van der Waals surface area contributed by atoms with Crippen molar-refractivity contribution in [2.75, 3.05) is 0 Å². The van der Waals surface area contributed by atoms with E-state index in [1.807, 2.05) is 6.92 Å². The lowest BCUT2D eigenvalue weighted by atomic mass is 10.1. The van der Waals surface area contributed by atoms with Gasteiger partial charge >= 0.3 is 0 Å². The molecule has 0 unspecified atom stereocenters. The molecule has 7 heteroatoms. The van der Waals surface area contributed by atoms with Crippen LogP contribution >= 0.6 is 22.6 Å². The first-order valence-corrected chi connectivity index (χ1v) is 10.2. The Hall–Kier alpha value is -1.48. The summed E-state index contributed by atoms with van der Waals surface area (Å²) in [6.45, 7) is 6.15. The van der Waals surface area contributed by atoms with Crippen LogP contribution in [0.4, 0.5) is 0 Å². The van der Waals surface area contributed by atoms with E-state index in [0.717, 1.165) is 21.2 Å². The average Bonchev–Trinajstić information content (AvgIpc) is 2.85. The normalized spacial score (nSPS) is 12.2. The maximum Gasteiger partial charge on any atom is 0.269 e. The Morgan fingerprint density at radius 1 is 1.21 bits per heavy atom. The van der Waals surface area contributed by atoms with E-state index in [2.05, 4.69) is 46.4 Å². The van der Waals surface area contributed by atoms with E-state index in [-0.39, 0.29) is 4.90 Å². The predicted molar refractivity (Wildman–Crippen MR) is 103 cm³/mol. The molecule has 3 aromatic rings. The molecule has 0 N–H and O–H groups in total. The minimum atomic E-state index is -3.69. The van der Waals surface area contributed by atoms with Crippen molar-refractivity contribution in [2.45, 2.75) is 32.1 Å². The minimum absolute atomic E-state index is 0.245. The molecule has 0 spiro atoms. The van der Waals surface area contributed by atoms with Crippen molar-refractivity contribution in [3.05, 3.63) is 51.5 Å². The first kappa shape index (κ1) is 17.3. The van der Waals surface area contributed by atoms with Crippen LogP contribution in [0.25, 0.3) is 11.2 Å². The van der Waals surface area contributed by atoms with Crippen LogP contribution in [0.3, 0.4) is 0 Å². The van der Waals surface area contributed by atoms with E-state index in [1.54, 1.807) is 36.7 Å². The molecule has 2 heterocycles. The summed E-state index contributed by atoms with van der Waals surface area (Å²) in [5, 5.41) is 0. The van der Waals surface area contributed by atoms with E-state index in [4.69, 9.17) is 0 Å². The van der Waals surface area contributed by atoms with Crippen molar-refractivity contribution in [1.29, 1.82) is 0 Å². The SMILES string of the molecule is Cc1ccc(S(=O)(=O)n2cc(I)c3nc(CC(C)C)cnc32)cc1. The summed E-state index contributed by atoms with van der Waals surface area (Å²) in [6, 6.07) is 6.81. The summed E-state index contributed by atoms with van der Waals surface area (Å²) in [5.41, 5.74) is 2.89. The lowest BCUT2D eigenvalue weighted by Crippen LogP contribution is -2.12. The fourth-order valence-corrected chi connectivity index (χ4v) is 4.63. The Kier molecular flexibility index (Phi) is 4.65. The van der Waals surface area contributed by atoms with Crippen LogP contribution in [0.2, 0.25) is 0 Å². The van der Waals surface area contributed by atoms with Crippen molar-refractivity contribution in [3.8, 4) is 0 Å². The van der Waals surface area contributed by atoms with E-state index >= 15 is 0 Å². The van der Waals surface area contributed by atoms with Crippen LogP contribution in [-0.4, -0.2) is 22.4 Å². The molecule has 0 saturated heterocycles. The predicted octanol–water partition coefficient (Wildman–Crippen LogP) is 3.78. The molecule has 3 rings (SSSR count). The molecule has 0 aliphatic carbocycles. The van der Waals surface area contributed by atoms with Crippen LogP contribution in [0.1, 0.15) is 25.1 Å². The highest BCUT2D eigenvalue weighted by Gasteiger charge is 2.22. The van der Waals surface area contributed by atoms with Crippen LogP contribution in [0, 0.1) is 16.4 Å². The highest BCUT2D eigenvalue weighted by atomic mass is 127. The Bertz CT molecular complexity index is 993. The molecule has 0 aliphatic heterocycles. The zero-order valence-corrected chi connectivity index (χ0v) is 16.7. The number of benzene rings is 1. The lowest BCUT2D eigenvalue weighted by molar-refractivity contribution is 0.588. The second kappa shape index (κ2) is 6.44. The third-order valence-corrected chi connectivity index (χ3v) is 6.12. The average molecular weight is 455 g/mol. The van der Waals surface area contributed by atoms with Gasteiger partial charge in [0, 0.05) is 6.20 Å². The van der Waals surface area contributed by atoms with Gasteiger partial charge in [-0.3, -0.25) is 0 Å². The van der Waals surface area contributed by atoms with Gasteiger partial charge in [-0.25, -0.2) is 22.4 Å². The maximum absolute atomic E-state index is 12.9. The number of fused-ring (bicyclic) bond motifs is 1. The monoisotopic (exact) mass is 455 g/mol. The van der Waals surface area contributed by atoms with Gasteiger partial charge in [0.05, 0.1) is 20.4 Å². The van der Waals surface area contributed by atoms with Crippen molar-refractivity contribution < 1.29 is 8.42 Å². The largest absolute Gasteiger partial charge is 0.269 e. The smallest absolute Gasteiger partial charge is 0.247 e. The first-order valence-electron chi connectivity index (χ1n) is 7.64. The summed E-state index contributed by atoms with van der Waals surface area (Å²) in [7, 11) is -3.69. The quantitative estimate of drug-likeness (QED) is 0.562. The summed E-state index contributed by atoms with van der Waals surface area (Å²) in [6.07, 6.45) is 4.06. The number of aromatic nitrogens is 3. The van der Waals surface area contributed by atoms with Crippen LogP contribution < -0.4 is 0 Å². The molecule has 2 aromatic heterocycles. The van der Waals surface area contributed by atoms with Gasteiger partial charge in [0.2, 0.25) is 0 Å². The second-order valence-electron chi connectivity index (χ2n) is 6.22. The van der Waals surface area contributed by atoms with Gasteiger partial charge in [0.15, 0.2) is 5.65 Å². The number of hydrogen-bond donors (Lipinski definition) is 0. The number of rotatable bonds is 4. The number of aryl methyl sites for hydroxylation is 1. The standard InChI is InChI=1S/C17H18IN3O2S/c1-11(2)8-13-9-19-17-16(20-13)15(18)10-21(17)24(22,23)14-6-4-12(3)5-7-14/h4-7,9-11H,8H2,1-3H3. The van der Waals surface area contributed by atoms with Crippen molar-refractivity contribution in [2.24, 2.45) is 5.92 Å². The van der Waals surface area contributed by atoms with Crippen molar-refractivity contribution >= 4 is 43.8 Å². The molecule has 0 amide bonds. The molecular weight excluding hydrogens is 437 g/mol. The first-order chi connectivity index (χ1) is 11.3. The van der Waals surface area contributed by atoms with Crippen LogP contribution in [0.5, 0.6) is 0 Å². The highest BCUT2D eigenvalue weighted by molar-refractivity contribution is 14.1. The zero-order chi connectivity index (χ0) is 17.5. The Morgan fingerprint density at radius 3 is 2.50 bits per heavy atom. The summed E-state index contributed by atoms with van der Waals surface area (Å²) in [5.74, 6) is 0.466. The third kappa shape index (κ3) is 3.19. The van der Waals surface area contributed by atoms with Gasteiger partial charge in [0.1, 0.15) is 5.52 Å². The molecular formula is C17H18IN3O2S. The maximum atomic E-state index is 12.9. The van der Waals surface area contributed by atoms with E-state index in [0.29, 0.717) is 17.1 Å². The molecule has 0 radical (unpaired) electrons. The zero-order valence-electron chi connectivity index (χ0n) is 13.7. The van der Waals surface area contributed by atoms with Crippen LogP contribution in [0.15, 0.2) is 41.6 Å². The molecule has 5 nitrogen and oxygen atoms in total. The van der Waals surface area contributed by atoms with E-state index in [1.165, 1.54) is 3.97 Å². The summed E-state index contributed by atoms with van der Waals surface area (Å²) in [4.78, 5) is 9.23. The molecule has 0 aliphatic rings. The van der Waals surface area contributed by atoms with Gasteiger partial charge in [-0.15, -0.1) is 0 Å². The van der Waals surface area contributed by atoms with Crippen LogP contribution in [-0.2, 0) is 16.4 Å². The number of hydrogen-bond acceptors (Lipinski definition) is 4. The molecule has 24 heavy (non-hydrogen) atoms.